The molecule has 3 heterocycles. The van der Waals surface area contributed by atoms with E-state index in [0.717, 1.165) is 25.3 Å². The van der Waals surface area contributed by atoms with E-state index in [9.17, 15) is 26.3 Å². The van der Waals surface area contributed by atoms with Crippen LogP contribution in [-0.4, -0.2) is 33.9 Å². The molecule has 216 valence electrons. The summed E-state index contributed by atoms with van der Waals surface area (Å²) in [6.45, 7) is -0.104. The quantitative estimate of drug-likeness (QED) is 0.338. The fourth-order valence-corrected chi connectivity index (χ4v) is 5.14. The highest BCUT2D eigenvalue weighted by molar-refractivity contribution is 5.71. The second-order valence-electron chi connectivity index (χ2n) is 10.2. The van der Waals surface area contributed by atoms with Crippen molar-refractivity contribution in [3.05, 3.63) is 53.4 Å². The zero-order chi connectivity index (χ0) is 28.5. The fourth-order valence-electron chi connectivity index (χ4n) is 5.14. The number of hydrogen-bond acceptors (Lipinski definition) is 7. The minimum absolute atomic E-state index is 0.120. The van der Waals surface area contributed by atoms with Crippen molar-refractivity contribution in [2.24, 2.45) is 0 Å². The predicted octanol–water partition coefficient (Wildman–Crippen LogP) is 7.03. The number of nitrogens with two attached hydrogens (primary N) is 1. The SMILES string of the molecule is Nc1cc(C(F)(F)F)c2nc1-c1nnc(o1)[C@@](OCc1ccccc1)(C(F)(F)F)CCCCCCN2C1CCC1. The maximum Gasteiger partial charge on any atom is 0.426 e. The number of halogens is 6. The summed E-state index contributed by atoms with van der Waals surface area (Å²) in [5.74, 6) is -1.69. The number of nitrogen functional groups attached to an aromatic ring is 1. The smallest absolute Gasteiger partial charge is 0.416 e. The molecule has 40 heavy (non-hydrogen) atoms. The zero-order valence-electron chi connectivity index (χ0n) is 21.6. The first-order valence-electron chi connectivity index (χ1n) is 13.2. The number of rotatable bonds is 4. The third kappa shape index (κ3) is 5.48. The normalized spacial score (nSPS) is 21.1. The molecule has 5 rings (SSSR count). The number of pyridine rings is 1. The summed E-state index contributed by atoms with van der Waals surface area (Å²) < 4.78 is 97.8. The summed E-state index contributed by atoms with van der Waals surface area (Å²) in [6, 6.07) is 8.98. The van der Waals surface area contributed by atoms with Crippen LogP contribution in [0.1, 0.15) is 68.4 Å². The average molecular weight is 570 g/mol. The average Bonchev–Trinajstić information content (AvgIpc) is 3.35. The second-order valence-corrected chi connectivity index (χ2v) is 10.2. The Morgan fingerprint density at radius 3 is 2.35 bits per heavy atom. The Morgan fingerprint density at radius 2 is 1.70 bits per heavy atom. The van der Waals surface area contributed by atoms with E-state index in [2.05, 4.69) is 15.2 Å². The van der Waals surface area contributed by atoms with Gasteiger partial charge >= 0.3 is 12.4 Å². The lowest BCUT2D eigenvalue weighted by Gasteiger charge is -2.40. The highest BCUT2D eigenvalue weighted by Gasteiger charge is 2.61. The zero-order valence-corrected chi connectivity index (χ0v) is 21.6. The number of fused-ring (bicyclic) bond motifs is 5. The summed E-state index contributed by atoms with van der Waals surface area (Å²) in [7, 11) is 0. The Balaban J connectivity index is 1.62. The molecule has 2 aromatic heterocycles. The lowest BCUT2D eigenvalue weighted by atomic mass is 9.90. The Bertz CT molecular complexity index is 1310. The Kier molecular flexibility index (Phi) is 7.68. The molecule has 13 heteroatoms. The number of anilines is 2. The van der Waals surface area contributed by atoms with Crippen LogP contribution < -0.4 is 10.6 Å². The molecule has 1 fully saturated rings. The molecule has 0 unspecified atom stereocenters. The Hall–Kier alpha value is -3.35. The van der Waals surface area contributed by atoms with Crippen LogP contribution in [0.5, 0.6) is 0 Å². The molecule has 0 saturated heterocycles. The maximum absolute atomic E-state index is 14.8. The molecular weight excluding hydrogens is 540 g/mol. The van der Waals surface area contributed by atoms with Crippen LogP contribution in [0.2, 0.25) is 0 Å². The molecule has 0 spiro atoms. The van der Waals surface area contributed by atoms with Crippen LogP contribution in [0, 0.1) is 0 Å². The monoisotopic (exact) mass is 569 g/mol. The van der Waals surface area contributed by atoms with E-state index >= 15 is 0 Å². The van der Waals surface area contributed by atoms with Gasteiger partial charge in [0, 0.05) is 12.6 Å². The van der Waals surface area contributed by atoms with Crippen LogP contribution in [0.15, 0.2) is 40.8 Å². The molecule has 0 radical (unpaired) electrons. The van der Waals surface area contributed by atoms with Crippen molar-refractivity contribution in [1.82, 2.24) is 15.2 Å². The van der Waals surface area contributed by atoms with E-state index in [1.807, 2.05) is 0 Å². The van der Waals surface area contributed by atoms with Gasteiger partial charge in [-0.25, -0.2) is 4.98 Å². The minimum atomic E-state index is -4.94. The lowest BCUT2D eigenvalue weighted by Crippen LogP contribution is -2.45. The molecule has 1 saturated carbocycles. The van der Waals surface area contributed by atoms with E-state index < -0.39 is 47.4 Å². The van der Waals surface area contributed by atoms with Gasteiger partial charge < -0.3 is 19.8 Å². The van der Waals surface area contributed by atoms with E-state index in [0.29, 0.717) is 24.8 Å². The first kappa shape index (κ1) is 28.2. The topological polar surface area (TPSA) is 90.3 Å². The molecule has 2 aliphatic rings. The number of nitrogens with zero attached hydrogens (tertiary/aromatic N) is 4. The summed E-state index contributed by atoms with van der Waals surface area (Å²) in [6.07, 6.45) is -6.32. The van der Waals surface area contributed by atoms with Gasteiger partial charge in [-0.05, 0) is 50.2 Å². The lowest BCUT2D eigenvalue weighted by molar-refractivity contribution is -0.300. The summed E-state index contributed by atoms with van der Waals surface area (Å²) in [4.78, 5) is 5.86. The Labute approximate surface area is 226 Å². The Morgan fingerprint density at radius 1 is 0.975 bits per heavy atom. The predicted molar refractivity (Wildman–Crippen MR) is 134 cm³/mol. The van der Waals surface area contributed by atoms with Crippen LogP contribution in [0.4, 0.5) is 37.8 Å². The molecule has 1 atom stereocenters. The number of alkyl halides is 6. The van der Waals surface area contributed by atoms with Gasteiger partial charge in [0.2, 0.25) is 5.60 Å². The molecule has 7 nitrogen and oxygen atoms in total. The molecule has 3 aromatic rings. The number of benzene rings is 1. The van der Waals surface area contributed by atoms with Gasteiger partial charge in [-0.3, -0.25) is 0 Å². The van der Waals surface area contributed by atoms with Crippen molar-refractivity contribution in [2.75, 3.05) is 17.2 Å². The van der Waals surface area contributed by atoms with Crippen molar-refractivity contribution < 1.29 is 35.5 Å². The summed E-state index contributed by atoms with van der Waals surface area (Å²) >= 11 is 0. The van der Waals surface area contributed by atoms with Gasteiger partial charge in [0.25, 0.3) is 11.8 Å². The standard InChI is InChI=1S/C27H29F6N5O2/c28-26(29,30)19-15-20(34)21-23-36-37-24(40-23)25(27(31,32)33,39-16-17-9-4-3-5-10-17)13-6-1-2-7-14-38(22(19)35-21)18-11-8-12-18/h3-5,9-10,15,18H,1-2,6-8,11-14,16,34H2/t25-/m1/s1. The van der Waals surface area contributed by atoms with Crippen molar-refractivity contribution in [2.45, 2.75) is 82.0 Å². The molecule has 1 aliphatic carbocycles. The number of aromatic nitrogens is 3. The molecular formula is C27H29F6N5O2. The third-order valence-corrected chi connectivity index (χ3v) is 7.56. The van der Waals surface area contributed by atoms with Crippen LogP contribution in [0.3, 0.4) is 0 Å². The van der Waals surface area contributed by atoms with E-state index in [-0.39, 0.29) is 37.1 Å². The van der Waals surface area contributed by atoms with Crippen molar-refractivity contribution >= 4 is 11.5 Å². The van der Waals surface area contributed by atoms with Crippen LogP contribution in [0.25, 0.3) is 11.6 Å². The molecule has 2 N–H and O–H groups in total. The van der Waals surface area contributed by atoms with Gasteiger partial charge in [-0.1, -0.05) is 43.2 Å². The van der Waals surface area contributed by atoms with Crippen molar-refractivity contribution in [3.8, 4) is 11.6 Å². The van der Waals surface area contributed by atoms with E-state index in [1.54, 1.807) is 35.2 Å². The largest absolute Gasteiger partial charge is 0.426 e. The first-order chi connectivity index (χ1) is 19.0. The van der Waals surface area contributed by atoms with Gasteiger partial charge in [-0.15, -0.1) is 10.2 Å². The minimum Gasteiger partial charge on any atom is -0.416 e. The second kappa shape index (κ2) is 10.9. The van der Waals surface area contributed by atoms with E-state index in [1.165, 1.54) is 0 Å². The number of ether oxygens (including phenoxy) is 1. The molecule has 0 amide bonds. The van der Waals surface area contributed by atoms with Gasteiger partial charge in [0.1, 0.15) is 11.4 Å². The highest BCUT2D eigenvalue weighted by Crippen LogP contribution is 2.48. The van der Waals surface area contributed by atoms with Crippen molar-refractivity contribution in [3.63, 3.8) is 0 Å². The van der Waals surface area contributed by atoms with Crippen LogP contribution in [-0.2, 0) is 23.1 Å². The van der Waals surface area contributed by atoms with Crippen LogP contribution >= 0.6 is 0 Å². The highest BCUT2D eigenvalue weighted by atomic mass is 19.4. The fraction of sp³-hybridized carbons (Fsp3) is 0.519. The maximum atomic E-state index is 14.8. The van der Waals surface area contributed by atoms with Gasteiger partial charge in [-0.2, -0.15) is 26.3 Å². The van der Waals surface area contributed by atoms with Gasteiger partial charge in [0.15, 0.2) is 5.69 Å². The third-order valence-electron chi connectivity index (χ3n) is 7.56. The van der Waals surface area contributed by atoms with Gasteiger partial charge in [0.05, 0.1) is 12.3 Å². The first-order valence-corrected chi connectivity index (χ1v) is 13.2. The molecule has 4 bridgehead atoms. The van der Waals surface area contributed by atoms with Crippen molar-refractivity contribution in [1.29, 1.82) is 0 Å². The summed E-state index contributed by atoms with van der Waals surface area (Å²) in [5, 5.41) is 7.46. The molecule has 1 aromatic carbocycles. The number of hydrogen-bond donors (Lipinski definition) is 1. The van der Waals surface area contributed by atoms with E-state index in [4.69, 9.17) is 14.9 Å². The summed E-state index contributed by atoms with van der Waals surface area (Å²) in [5.41, 5.74) is 1.80. The molecule has 1 aliphatic heterocycles.